The molecule has 11 heteroatoms. The Morgan fingerprint density at radius 1 is 1.09 bits per heavy atom. The number of amides is 2. The predicted octanol–water partition coefficient (Wildman–Crippen LogP) is 3.81. The number of aromatic amines is 1. The van der Waals surface area contributed by atoms with Crippen LogP contribution in [0.15, 0.2) is 59.8 Å². The summed E-state index contributed by atoms with van der Waals surface area (Å²) in [5, 5.41) is 24.1. The number of benzene rings is 2. The number of thioether (sulfide) groups is 1. The monoisotopic (exact) mass is 482 g/mol. The van der Waals surface area contributed by atoms with Crippen LogP contribution in [0.2, 0.25) is 0 Å². The molecule has 0 aliphatic heterocycles. The summed E-state index contributed by atoms with van der Waals surface area (Å²) >= 11 is 1.18. The highest BCUT2D eigenvalue weighted by molar-refractivity contribution is 7.99. The van der Waals surface area contributed by atoms with Crippen LogP contribution < -0.4 is 10.6 Å². The standard InChI is InChI=1S/C23H26N6O4S/c1-14(2)20(25-22(31)17-10-7-11-18(12-17)29(32)33)21-26-23(28-27-21)34-13-19(30)24-15(3)16-8-5-4-6-9-16/h4-12,14-15,20H,13H2,1-3H3,(H,24,30)(H,25,31)(H,26,27,28)/t15-,20-/m1/s1. The molecule has 3 rings (SSSR count). The largest absolute Gasteiger partial charge is 0.349 e. The number of non-ortho nitro benzene ring substituents is 1. The fourth-order valence-corrected chi connectivity index (χ4v) is 3.85. The van der Waals surface area contributed by atoms with Crippen molar-refractivity contribution in [1.29, 1.82) is 0 Å². The summed E-state index contributed by atoms with van der Waals surface area (Å²) in [7, 11) is 0. The lowest BCUT2D eigenvalue weighted by molar-refractivity contribution is -0.384. The van der Waals surface area contributed by atoms with Crippen LogP contribution in [0, 0.1) is 16.0 Å². The van der Waals surface area contributed by atoms with Crippen molar-refractivity contribution in [3.05, 3.63) is 81.7 Å². The zero-order valence-electron chi connectivity index (χ0n) is 19.0. The van der Waals surface area contributed by atoms with E-state index in [0.717, 1.165) is 5.56 Å². The van der Waals surface area contributed by atoms with Crippen molar-refractivity contribution in [3.8, 4) is 0 Å². The SMILES string of the molecule is CC(C)[C@@H](NC(=O)c1cccc([N+](=O)[O-])c1)c1nc(SCC(=O)N[C@H](C)c2ccccc2)n[nH]1. The maximum atomic E-state index is 12.7. The molecule has 0 radical (unpaired) electrons. The van der Waals surface area contributed by atoms with Gasteiger partial charge in [0.15, 0.2) is 0 Å². The number of aromatic nitrogens is 3. The van der Waals surface area contributed by atoms with Crippen LogP contribution in [-0.2, 0) is 4.79 Å². The minimum Gasteiger partial charge on any atom is -0.349 e. The van der Waals surface area contributed by atoms with Gasteiger partial charge >= 0.3 is 0 Å². The van der Waals surface area contributed by atoms with Crippen molar-refractivity contribution < 1.29 is 14.5 Å². The molecule has 2 amide bonds. The Morgan fingerprint density at radius 2 is 1.82 bits per heavy atom. The van der Waals surface area contributed by atoms with Gasteiger partial charge < -0.3 is 10.6 Å². The van der Waals surface area contributed by atoms with Crippen molar-refractivity contribution in [2.24, 2.45) is 5.92 Å². The summed E-state index contributed by atoms with van der Waals surface area (Å²) in [6.45, 7) is 5.73. The second-order valence-electron chi connectivity index (χ2n) is 7.99. The minimum absolute atomic E-state index is 0.0385. The molecular formula is C23H26N6O4S. The molecule has 0 saturated carbocycles. The van der Waals surface area contributed by atoms with Gasteiger partial charge in [-0.1, -0.05) is 62.0 Å². The van der Waals surface area contributed by atoms with E-state index in [1.54, 1.807) is 0 Å². The Kier molecular flexibility index (Phi) is 8.36. The van der Waals surface area contributed by atoms with Crippen molar-refractivity contribution in [1.82, 2.24) is 25.8 Å². The molecule has 0 saturated heterocycles. The van der Waals surface area contributed by atoms with E-state index in [1.807, 2.05) is 51.1 Å². The number of hydrogen-bond donors (Lipinski definition) is 3. The average molecular weight is 483 g/mol. The number of carbonyl (C=O) groups is 2. The van der Waals surface area contributed by atoms with Crippen LogP contribution in [0.3, 0.4) is 0 Å². The molecule has 1 heterocycles. The molecule has 0 bridgehead atoms. The van der Waals surface area contributed by atoms with Gasteiger partial charge in [0.05, 0.1) is 22.8 Å². The van der Waals surface area contributed by atoms with E-state index in [0.29, 0.717) is 11.0 Å². The average Bonchev–Trinajstić information content (AvgIpc) is 3.30. The molecule has 0 aliphatic rings. The van der Waals surface area contributed by atoms with Crippen LogP contribution in [0.5, 0.6) is 0 Å². The maximum Gasteiger partial charge on any atom is 0.270 e. The van der Waals surface area contributed by atoms with Gasteiger partial charge in [-0.3, -0.25) is 24.8 Å². The van der Waals surface area contributed by atoms with E-state index in [2.05, 4.69) is 25.8 Å². The van der Waals surface area contributed by atoms with Gasteiger partial charge in [-0.05, 0) is 24.5 Å². The van der Waals surface area contributed by atoms with Crippen molar-refractivity contribution in [2.45, 2.75) is 38.0 Å². The highest BCUT2D eigenvalue weighted by Crippen LogP contribution is 2.23. The maximum absolute atomic E-state index is 12.7. The lowest BCUT2D eigenvalue weighted by Crippen LogP contribution is -2.32. The number of nitro benzene ring substituents is 1. The molecule has 0 aliphatic carbocycles. The quantitative estimate of drug-likeness (QED) is 0.226. The third kappa shape index (κ3) is 6.64. The molecule has 178 valence electrons. The fourth-order valence-electron chi connectivity index (χ4n) is 3.24. The third-order valence-electron chi connectivity index (χ3n) is 5.06. The molecule has 3 aromatic rings. The smallest absolute Gasteiger partial charge is 0.270 e. The van der Waals surface area contributed by atoms with Crippen molar-refractivity contribution in [3.63, 3.8) is 0 Å². The third-order valence-corrected chi connectivity index (χ3v) is 5.91. The highest BCUT2D eigenvalue weighted by atomic mass is 32.2. The van der Waals surface area contributed by atoms with E-state index in [-0.39, 0.29) is 34.9 Å². The van der Waals surface area contributed by atoms with Crippen LogP contribution in [0.25, 0.3) is 0 Å². The molecule has 3 N–H and O–H groups in total. The molecular weight excluding hydrogens is 456 g/mol. The van der Waals surface area contributed by atoms with Crippen LogP contribution in [-0.4, -0.2) is 37.7 Å². The summed E-state index contributed by atoms with van der Waals surface area (Å²) < 4.78 is 0. The Balaban J connectivity index is 1.60. The van der Waals surface area contributed by atoms with E-state index in [1.165, 1.54) is 36.0 Å². The Hall–Kier alpha value is -3.73. The topological polar surface area (TPSA) is 143 Å². The number of nitrogens with zero attached hydrogens (tertiary/aromatic N) is 3. The molecule has 2 atom stereocenters. The number of hydrogen-bond acceptors (Lipinski definition) is 7. The first kappa shape index (κ1) is 24.9. The summed E-state index contributed by atoms with van der Waals surface area (Å²) in [5.41, 5.74) is 1.03. The second kappa shape index (κ2) is 11.4. The summed E-state index contributed by atoms with van der Waals surface area (Å²) in [4.78, 5) is 39.9. The summed E-state index contributed by atoms with van der Waals surface area (Å²) in [6.07, 6.45) is 0. The second-order valence-corrected chi connectivity index (χ2v) is 8.94. The molecule has 0 unspecified atom stereocenters. The molecule has 1 aromatic heterocycles. The molecule has 10 nitrogen and oxygen atoms in total. The van der Waals surface area contributed by atoms with Gasteiger partial charge in [0.25, 0.3) is 11.6 Å². The molecule has 2 aromatic carbocycles. The van der Waals surface area contributed by atoms with E-state index >= 15 is 0 Å². The van der Waals surface area contributed by atoms with Crippen molar-refractivity contribution in [2.75, 3.05) is 5.75 Å². The summed E-state index contributed by atoms with van der Waals surface area (Å²) in [6, 6.07) is 14.6. The van der Waals surface area contributed by atoms with Gasteiger partial charge in [-0.25, -0.2) is 4.98 Å². The first-order valence-corrected chi connectivity index (χ1v) is 11.7. The normalized spacial score (nSPS) is 12.7. The van der Waals surface area contributed by atoms with Gasteiger partial charge in [-0.2, -0.15) is 0 Å². The van der Waals surface area contributed by atoms with Gasteiger partial charge in [0.2, 0.25) is 11.1 Å². The first-order chi connectivity index (χ1) is 16.2. The van der Waals surface area contributed by atoms with E-state index in [9.17, 15) is 19.7 Å². The number of rotatable bonds is 10. The Bertz CT molecular complexity index is 1150. The number of nitrogens with one attached hydrogen (secondary N) is 3. The number of H-pyrrole nitrogens is 1. The van der Waals surface area contributed by atoms with Gasteiger partial charge in [0.1, 0.15) is 5.82 Å². The van der Waals surface area contributed by atoms with Crippen LogP contribution >= 0.6 is 11.8 Å². The lowest BCUT2D eigenvalue weighted by atomic mass is 10.0. The zero-order valence-corrected chi connectivity index (χ0v) is 19.8. The lowest BCUT2D eigenvalue weighted by Gasteiger charge is -2.19. The predicted molar refractivity (Wildman–Crippen MR) is 128 cm³/mol. The van der Waals surface area contributed by atoms with E-state index in [4.69, 9.17) is 0 Å². The van der Waals surface area contributed by atoms with E-state index < -0.39 is 16.9 Å². The Morgan fingerprint density at radius 3 is 2.50 bits per heavy atom. The molecule has 0 fully saturated rings. The zero-order chi connectivity index (χ0) is 24.7. The van der Waals surface area contributed by atoms with Crippen LogP contribution in [0.1, 0.15) is 54.6 Å². The number of carbonyl (C=O) groups excluding carboxylic acids is 2. The molecule has 0 spiro atoms. The van der Waals surface area contributed by atoms with Crippen LogP contribution in [0.4, 0.5) is 5.69 Å². The minimum atomic E-state index is -0.548. The fraction of sp³-hybridized carbons (Fsp3) is 0.304. The first-order valence-electron chi connectivity index (χ1n) is 10.7. The molecule has 34 heavy (non-hydrogen) atoms. The van der Waals surface area contributed by atoms with Crippen molar-refractivity contribution >= 4 is 29.3 Å². The Labute approximate surface area is 201 Å². The highest BCUT2D eigenvalue weighted by Gasteiger charge is 2.24. The van der Waals surface area contributed by atoms with Gasteiger partial charge in [0, 0.05) is 17.7 Å². The van der Waals surface area contributed by atoms with Gasteiger partial charge in [-0.15, -0.1) is 5.10 Å². The summed E-state index contributed by atoms with van der Waals surface area (Å²) in [5.74, 6) is -0.0619. The number of nitro groups is 1.